The van der Waals surface area contributed by atoms with E-state index in [1.807, 2.05) is 41.8 Å². The average Bonchev–Trinajstić information content (AvgIpc) is 3.26. The fourth-order valence-electron chi connectivity index (χ4n) is 2.38. The maximum Gasteiger partial charge on any atom is 0.300 e. The van der Waals surface area contributed by atoms with Crippen molar-refractivity contribution in [2.45, 2.75) is 13.5 Å². The topological polar surface area (TPSA) is 132 Å². The van der Waals surface area contributed by atoms with Gasteiger partial charge in [-0.3, -0.25) is 10.1 Å². The number of nitrogens with two attached hydrogens (primary N) is 1. The summed E-state index contributed by atoms with van der Waals surface area (Å²) in [5.74, 6) is 1.15. The van der Waals surface area contributed by atoms with Gasteiger partial charge >= 0.3 is 0 Å². The van der Waals surface area contributed by atoms with Gasteiger partial charge in [-0.15, -0.1) is 11.3 Å². The maximum atomic E-state index is 9.00. The van der Waals surface area contributed by atoms with Gasteiger partial charge in [0.25, 0.3) is 5.97 Å². The van der Waals surface area contributed by atoms with Crippen molar-refractivity contribution in [2.75, 3.05) is 19.5 Å². The molecule has 0 saturated carbocycles. The molecular weight excluding hydrogens is 406 g/mol. The predicted octanol–water partition coefficient (Wildman–Crippen LogP) is 3.24. The van der Waals surface area contributed by atoms with Crippen LogP contribution in [0.3, 0.4) is 0 Å². The Hall–Kier alpha value is -3.66. The van der Waals surface area contributed by atoms with Crippen molar-refractivity contribution in [1.82, 2.24) is 9.97 Å². The third-order valence-corrected chi connectivity index (χ3v) is 4.50. The van der Waals surface area contributed by atoms with E-state index in [9.17, 15) is 0 Å². The second-order valence-corrected chi connectivity index (χ2v) is 6.68. The van der Waals surface area contributed by atoms with E-state index in [1.165, 1.54) is 0 Å². The van der Waals surface area contributed by atoms with Gasteiger partial charge in [-0.1, -0.05) is 12.1 Å². The number of carbonyl (C=O) groups is 1. The smallest absolute Gasteiger partial charge is 0.300 e. The van der Waals surface area contributed by atoms with Gasteiger partial charge in [0, 0.05) is 13.1 Å². The number of rotatable bonds is 6. The summed E-state index contributed by atoms with van der Waals surface area (Å²) in [6.07, 6.45) is 1.68. The Morgan fingerprint density at radius 1 is 1.20 bits per heavy atom. The monoisotopic (exact) mass is 429 g/mol. The van der Waals surface area contributed by atoms with Crippen LogP contribution in [0.5, 0.6) is 11.5 Å². The zero-order valence-electron chi connectivity index (χ0n) is 16.8. The Kier molecular flexibility index (Phi) is 8.57. The molecule has 0 aliphatic rings. The number of anilines is 1. The summed E-state index contributed by atoms with van der Waals surface area (Å²) < 4.78 is 10.7. The molecular formula is C20H23N5O4S. The number of thiophene rings is 1. The van der Waals surface area contributed by atoms with Crippen LogP contribution in [0.4, 0.5) is 5.95 Å². The summed E-state index contributed by atoms with van der Waals surface area (Å²) in [5.41, 5.74) is 7.63. The van der Waals surface area contributed by atoms with Crippen molar-refractivity contribution >= 4 is 29.2 Å². The largest absolute Gasteiger partial charge is 0.496 e. The number of ether oxygens (including phenoxy) is 2. The summed E-state index contributed by atoms with van der Waals surface area (Å²) in [4.78, 5) is 23.0. The number of benzene rings is 1. The van der Waals surface area contributed by atoms with Crippen LogP contribution < -0.4 is 20.5 Å². The van der Waals surface area contributed by atoms with Crippen molar-refractivity contribution in [3.63, 3.8) is 0 Å². The molecule has 3 rings (SSSR count). The molecule has 4 N–H and O–H groups in total. The number of nitrogens with zero attached hydrogens (tertiary/aromatic N) is 3. The Labute approximate surface area is 178 Å². The minimum Gasteiger partial charge on any atom is -0.496 e. The molecule has 0 saturated heterocycles. The zero-order valence-corrected chi connectivity index (χ0v) is 17.6. The first-order valence-electron chi connectivity index (χ1n) is 8.77. The van der Waals surface area contributed by atoms with Gasteiger partial charge < -0.3 is 20.3 Å². The molecule has 158 valence electrons. The molecule has 10 heteroatoms. The molecule has 30 heavy (non-hydrogen) atoms. The first-order chi connectivity index (χ1) is 14.4. The number of hydrogen-bond acceptors (Lipinski definition) is 7. The first kappa shape index (κ1) is 22.6. The highest BCUT2D eigenvalue weighted by atomic mass is 32.1. The molecule has 0 radical (unpaired) electrons. The number of methoxy groups -OCH3 is 2. The number of aromatic nitrogens is 2. The number of aliphatic carboxylic acids is 1. The molecule has 2 heterocycles. The quantitative estimate of drug-likeness (QED) is 0.402. The summed E-state index contributed by atoms with van der Waals surface area (Å²) in [5, 5.41) is 12.3. The van der Waals surface area contributed by atoms with Crippen LogP contribution in [0, 0.1) is 0 Å². The van der Waals surface area contributed by atoms with Crippen molar-refractivity contribution < 1.29 is 19.4 Å². The van der Waals surface area contributed by atoms with Crippen LogP contribution in [0.25, 0.3) is 10.6 Å². The van der Waals surface area contributed by atoms with E-state index < -0.39 is 5.97 Å². The number of carboxylic acid groups (broad SMARTS) is 1. The van der Waals surface area contributed by atoms with Crippen LogP contribution in [0.2, 0.25) is 0 Å². The van der Waals surface area contributed by atoms with Crippen LogP contribution in [0.15, 0.2) is 53.0 Å². The Morgan fingerprint density at radius 3 is 2.43 bits per heavy atom. The molecule has 0 unspecified atom stereocenters. The molecule has 0 spiro atoms. The highest BCUT2D eigenvalue weighted by Crippen LogP contribution is 2.28. The standard InChI is InChI=1S/C18H19N5O2S.C2H4O2/c1-24-14-5-3-6-15(25-2)12(14)11-21-17(19)23-18-20-9-8-13(22-18)16-7-4-10-26-16;1-2(3)4/h3-10H,11H2,1-2H3,(H3,19,20,21,22,23);1H3,(H,3,4). The van der Waals surface area contributed by atoms with E-state index >= 15 is 0 Å². The fourth-order valence-corrected chi connectivity index (χ4v) is 3.08. The third kappa shape index (κ3) is 6.74. The van der Waals surface area contributed by atoms with Gasteiger partial charge in [0.05, 0.1) is 36.9 Å². The average molecular weight is 430 g/mol. The highest BCUT2D eigenvalue weighted by Gasteiger charge is 2.10. The maximum absolute atomic E-state index is 9.00. The second kappa shape index (κ2) is 11.4. The Bertz CT molecular complexity index is 966. The predicted molar refractivity (Wildman–Crippen MR) is 117 cm³/mol. The molecule has 1 aromatic carbocycles. The van der Waals surface area contributed by atoms with Crippen LogP contribution in [-0.2, 0) is 11.3 Å². The summed E-state index contributed by atoms with van der Waals surface area (Å²) in [6, 6.07) is 11.4. The van der Waals surface area contributed by atoms with Crippen molar-refractivity contribution in [3.05, 3.63) is 53.5 Å². The Morgan fingerprint density at radius 2 is 1.87 bits per heavy atom. The van der Waals surface area contributed by atoms with Crippen LogP contribution in [0.1, 0.15) is 12.5 Å². The van der Waals surface area contributed by atoms with Crippen LogP contribution in [-0.4, -0.2) is 41.2 Å². The molecule has 0 atom stereocenters. The minimum absolute atomic E-state index is 0.210. The molecule has 9 nitrogen and oxygen atoms in total. The number of aliphatic imine (C=N–C) groups is 1. The first-order valence-corrected chi connectivity index (χ1v) is 9.65. The number of hydrogen-bond donors (Lipinski definition) is 3. The van der Waals surface area contributed by atoms with Crippen molar-refractivity contribution in [3.8, 4) is 22.1 Å². The lowest BCUT2D eigenvalue weighted by atomic mass is 10.2. The number of carboxylic acids is 1. The molecule has 2 aromatic heterocycles. The van der Waals surface area contributed by atoms with E-state index in [4.69, 9.17) is 25.1 Å². The zero-order chi connectivity index (χ0) is 21.9. The van der Waals surface area contributed by atoms with E-state index in [0.29, 0.717) is 24.0 Å². The number of guanidine groups is 1. The van der Waals surface area contributed by atoms with Gasteiger partial charge in [-0.25, -0.2) is 15.0 Å². The van der Waals surface area contributed by atoms with Gasteiger partial charge in [0.1, 0.15) is 11.5 Å². The summed E-state index contributed by atoms with van der Waals surface area (Å²) in [7, 11) is 3.21. The fraction of sp³-hybridized carbons (Fsp3) is 0.200. The van der Waals surface area contributed by atoms with E-state index in [1.54, 1.807) is 31.8 Å². The van der Waals surface area contributed by atoms with Crippen LogP contribution >= 0.6 is 11.3 Å². The van der Waals surface area contributed by atoms with Gasteiger partial charge in [-0.05, 0) is 29.6 Å². The minimum atomic E-state index is -0.833. The van der Waals surface area contributed by atoms with Crippen molar-refractivity contribution in [1.29, 1.82) is 0 Å². The van der Waals surface area contributed by atoms with Crippen molar-refractivity contribution in [2.24, 2.45) is 10.7 Å². The second-order valence-electron chi connectivity index (χ2n) is 5.73. The van der Waals surface area contributed by atoms with E-state index in [-0.39, 0.29) is 5.96 Å². The molecule has 0 aliphatic heterocycles. The van der Waals surface area contributed by atoms with Gasteiger partial charge in [0.15, 0.2) is 5.96 Å². The molecule has 0 amide bonds. The highest BCUT2D eigenvalue weighted by molar-refractivity contribution is 7.13. The normalized spacial score (nSPS) is 10.6. The third-order valence-electron chi connectivity index (χ3n) is 3.61. The summed E-state index contributed by atoms with van der Waals surface area (Å²) in [6.45, 7) is 1.39. The lowest BCUT2D eigenvalue weighted by Gasteiger charge is -2.11. The summed E-state index contributed by atoms with van der Waals surface area (Å²) >= 11 is 1.61. The van der Waals surface area contributed by atoms with E-state index in [2.05, 4.69) is 20.3 Å². The lowest BCUT2D eigenvalue weighted by Crippen LogP contribution is -2.24. The van der Waals surface area contributed by atoms with Gasteiger partial charge in [0.2, 0.25) is 5.95 Å². The SMILES string of the molecule is CC(=O)O.COc1cccc(OC)c1CN=C(N)Nc1nccc(-c2cccs2)n1. The van der Waals surface area contributed by atoms with Gasteiger partial charge in [-0.2, -0.15) is 0 Å². The lowest BCUT2D eigenvalue weighted by molar-refractivity contribution is -0.134. The molecule has 0 fully saturated rings. The van der Waals surface area contributed by atoms with E-state index in [0.717, 1.165) is 23.1 Å². The Balaban J connectivity index is 0.000000735. The number of nitrogens with one attached hydrogen (secondary N) is 1. The molecule has 3 aromatic rings. The molecule has 0 aliphatic carbocycles. The molecule has 0 bridgehead atoms.